The van der Waals surface area contributed by atoms with Crippen molar-refractivity contribution in [1.29, 1.82) is 0 Å². The molecule has 116 valence electrons. The van der Waals surface area contributed by atoms with Crippen molar-refractivity contribution >= 4 is 10.0 Å². The number of nitrogens with one attached hydrogen (secondary N) is 1. The monoisotopic (exact) mass is 292 g/mol. The molecule has 19 heavy (non-hydrogen) atoms. The van der Waals surface area contributed by atoms with Gasteiger partial charge in [-0.15, -0.1) is 0 Å². The van der Waals surface area contributed by atoms with Crippen molar-refractivity contribution in [1.82, 2.24) is 9.62 Å². The smallest absolute Gasteiger partial charge is 0.214 e. The van der Waals surface area contributed by atoms with Gasteiger partial charge in [0.15, 0.2) is 0 Å². The molecule has 0 aromatic rings. The first kappa shape index (κ1) is 18.9. The number of hydrogen-bond donors (Lipinski definition) is 1. The lowest BCUT2D eigenvalue weighted by Crippen LogP contribution is -2.43. The van der Waals surface area contributed by atoms with Crippen LogP contribution in [0.4, 0.5) is 0 Å². The summed E-state index contributed by atoms with van der Waals surface area (Å²) in [6, 6.07) is 0.150. The molecule has 5 heteroatoms. The van der Waals surface area contributed by atoms with Gasteiger partial charge in [-0.2, -0.15) is 4.31 Å². The van der Waals surface area contributed by atoms with Gasteiger partial charge in [-0.3, -0.25) is 0 Å². The fraction of sp³-hybridized carbons (Fsp3) is 1.00. The van der Waals surface area contributed by atoms with Crippen LogP contribution in [-0.2, 0) is 10.0 Å². The van der Waals surface area contributed by atoms with Crippen molar-refractivity contribution in [3.8, 4) is 0 Å². The Morgan fingerprint density at radius 1 is 1.11 bits per heavy atom. The number of unbranched alkanes of at least 4 members (excludes halogenated alkanes) is 1. The predicted molar refractivity (Wildman–Crippen MR) is 82.9 cm³/mol. The fourth-order valence-corrected chi connectivity index (χ4v) is 4.33. The maximum atomic E-state index is 12.5. The summed E-state index contributed by atoms with van der Waals surface area (Å²) in [6.45, 7) is 9.80. The van der Waals surface area contributed by atoms with E-state index in [0.717, 1.165) is 32.2 Å². The van der Waals surface area contributed by atoms with Crippen LogP contribution >= 0.6 is 0 Å². The molecule has 0 aromatic carbocycles. The summed E-state index contributed by atoms with van der Waals surface area (Å²) in [5.41, 5.74) is 0. The van der Waals surface area contributed by atoms with Crippen LogP contribution in [0.5, 0.6) is 0 Å². The van der Waals surface area contributed by atoms with Gasteiger partial charge < -0.3 is 5.32 Å². The Kier molecular flexibility index (Phi) is 9.66. The third kappa shape index (κ3) is 7.28. The number of nitrogens with zero attached hydrogens (tertiary/aromatic N) is 1. The second-order valence-electron chi connectivity index (χ2n) is 5.56. The van der Waals surface area contributed by atoms with Crippen molar-refractivity contribution in [2.24, 2.45) is 5.92 Å². The van der Waals surface area contributed by atoms with Gasteiger partial charge >= 0.3 is 0 Å². The summed E-state index contributed by atoms with van der Waals surface area (Å²) in [5, 5.41) is 3.05. The zero-order valence-corrected chi connectivity index (χ0v) is 14.1. The standard InChI is InChI=1S/C14H32N2O2S/c1-6-14(7-2)16(12-13(3)4)19(17,18)11-9-8-10-15-5/h13-15H,6-12H2,1-5H3. The molecular weight excluding hydrogens is 260 g/mol. The Morgan fingerprint density at radius 3 is 2.11 bits per heavy atom. The van der Waals surface area contributed by atoms with Crippen LogP contribution in [0.1, 0.15) is 53.4 Å². The first-order valence-electron chi connectivity index (χ1n) is 7.53. The molecule has 0 spiro atoms. The topological polar surface area (TPSA) is 49.4 Å². The molecular formula is C14H32N2O2S. The summed E-state index contributed by atoms with van der Waals surface area (Å²) < 4.78 is 26.7. The average Bonchev–Trinajstić information content (AvgIpc) is 2.34. The zero-order valence-electron chi connectivity index (χ0n) is 13.3. The van der Waals surface area contributed by atoms with Gasteiger partial charge in [-0.05, 0) is 45.2 Å². The highest BCUT2D eigenvalue weighted by Gasteiger charge is 2.27. The van der Waals surface area contributed by atoms with E-state index >= 15 is 0 Å². The summed E-state index contributed by atoms with van der Waals surface area (Å²) in [7, 11) is -1.22. The van der Waals surface area contributed by atoms with E-state index in [1.807, 2.05) is 7.05 Å². The molecule has 1 N–H and O–H groups in total. The SMILES string of the molecule is CCC(CC)N(CC(C)C)S(=O)(=O)CCCCNC. The molecule has 0 amide bonds. The van der Waals surface area contributed by atoms with Crippen LogP contribution in [0.15, 0.2) is 0 Å². The second-order valence-corrected chi connectivity index (χ2v) is 7.60. The average molecular weight is 292 g/mol. The largest absolute Gasteiger partial charge is 0.320 e. The molecule has 0 aliphatic heterocycles. The number of hydrogen-bond acceptors (Lipinski definition) is 3. The third-order valence-electron chi connectivity index (χ3n) is 3.33. The zero-order chi connectivity index (χ0) is 14.9. The quantitative estimate of drug-likeness (QED) is 0.595. The first-order chi connectivity index (χ1) is 8.88. The summed E-state index contributed by atoms with van der Waals surface area (Å²) >= 11 is 0. The molecule has 0 fully saturated rings. The minimum atomic E-state index is -3.12. The lowest BCUT2D eigenvalue weighted by molar-refractivity contribution is 0.276. The van der Waals surface area contributed by atoms with Gasteiger partial charge in [0.05, 0.1) is 5.75 Å². The van der Waals surface area contributed by atoms with Crippen molar-refractivity contribution in [3.05, 3.63) is 0 Å². The maximum Gasteiger partial charge on any atom is 0.214 e. The molecule has 0 unspecified atom stereocenters. The highest BCUT2D eigenvalue weighted by atomic mass is 32.2. The molecule has 0 heterocycles. The Morgan fingerprint density at radius 2 is 1.68 bits per heavy atom. The third-order valence-corrected chi connectivity index (χ3v) is 5.30. The molecule has 4 nitrogen and oxygen atoms in total. The van der Waals surface area contributed by atoms with Crippen LogP contribution in [0.25, 0.3) is 0 Å². The van der Waals surface area contributed by atoms with Crippen molar-refractivity contribution in [2.75, 3.05) is 25.9 Å². The molecule has 0 saturated heterocycles. The molecule has 0 aliphatic carbocycles. The van der Waals surface area contributed by atoms with E-state index in [4.69, 9.17) is 0 Å². The van der Waals surface area contributed by atoms with Gasteiger partial charge in [0.2, 0.25) is 10.0 Å². The normalized spacial score (nSPS) is 12.8. The van der Waals surface area contributed by atoms with Gasteiger partial charge in [0.1, 0.15) is 0 Å². The molecule has 0 bridgehead atoms. The van der Waals surface area contributed by atoms with Gasteiger partial charge in [-0.1, -0.05) is 27.7 Å². The van der Waals surface area contributed by atoms with Gasteiger partial charge in [0.25, 0.3) is 0 Å². The highest BCUT2D eigenvalue weighted by Crippen LogP contribution is 2.17. The van der Waals surface area contributed by atoms with Gasteiger partial charge in [-0.25, -0.2) is 8.42 Å². The van der Waals surface area contributed by atoms with Crippen LogP contribution in [0.2, 0.25) is 0 Å². The fourth-order valence-electron chi connectivity index (χ4n) is 2.25. The van der Waals surface area contributed by atoms with Gasteiger partial charge in [0, 0.05) is 12.6 Å². The van der Waals surface area contributed by atoms with Crippen molar-refractivity contribution in [2.45, 2.75) is 59.4 Å². The van der Waals surface area contributed by atoms with Crippen LogP contribution in [0.3, 0.4) is 0 Å². The van der Waals surface area contributed by atoms with Crippen LogP contribution in [0, 0.1) is 5.92 Å². The Hall–Kier alpha value is -0.130. The van der Waals surface area contributed by atoms with Crippen molar-refractivity contribution in [3.63, 3.8) is 0 Å². The maximum absolute atomic E-state index is 12.5. The Balaban J connectivity index is 4.71. The minimum absolute atomic E-state index is 0.150. The van der Waals surface area contributed by atoms with E-state index in [-0.39, 0.29) is 11.8 Å². The minimum Gasteiger partial charge on any atom is -0.320 e. The van der Waals surface area contributed by atoms with E-state index < -0.39 is 10.0 Å². The predicted octanol–water partition coefficient (Wildman–Crippen LogP) is 2.46. The number of rotatable bonds is 11. The van der Waals surface area contributed by atoms with E-state index in [0.29, 0.717) is 12.5 Å². The molecule has 0 rings (SSSR count). The molecule has 0 aromatic heterocycles. The molecule has 0 atom stereocenters. The summed E-state index contributed by atoms with van der Waals surface area (Å²) in [5.74, 6) is 0.644. The van der Waals surface area contributed by atoms with E-state index in [2.05, 4.69) is 33.0 Å². The first-order valence-corrected chi connectivity index (χ1v) is 9.14. The van der Waals surface area contributed by atoms with Crippen LogP contribution < -0.4 is 5.32 Å². The van der Waals surface area contributed by atoms with Crippen molar-refractivity contribution < 1.29 is 8.42 Å². The second kappa shape index (κ2) is 9.72. The Labute approximate surface area is 120 Å². The van der Waals surface area contributed by atoms with Crippen LogP contribution in [-0.4, -0.2) is 44.7 Å². The summed E-state index contributed by atoms with van der Waals surface area (Å²) in [4.78, 5) is 0. The lowest BCUT2D eigenvalue weighted by Gasteiger charge is -2.31. The molecule has 0 saturated carbocycles. The van der Waals surface area contributed by atoms with E-state index in [9.17, 15) is 8.42 Å². The molecule has 0 radical (unpaired) electrons. The summed E-state index contributed by atoms with van der Waals surface area (Å²) in [6.07, 6.45) is 3.42. The molecule has 0 aliphatic rings. The highest BCUT2D eigenvalue weighted by molar-refractivity contribution is 7.89. The Bertz CT molecular complexity index is 311. The number of sulfonamides is 1. The van der Waals surface area contributed by atoms with E-state index in [1.54, 1.807) is 4.31 Å². The van der Waals surface area contributed by atoms with E-state index in [1.165, 1.54) is 0 Å². The lowest BCUT2D eigenvalue weighted by atomic mass is 10.1.